The molecule has 19 heavy (non-hydrogen) atoms. The maximum atomic E-state index is 11.8. The lowest BCUT2D eigenvalue weighted by molar-refractivity contribution is -0.122. The van der Waals surface area contributed by atoms with E-state index in [1.807, 2.05) is 0 Å². The maximum Gasteiger partial charge on any atom is 0.220 e. The number of hydrogen-bond donors (Lipinski definition) is 3. The smallest absolute Gasteiger partial charge is 0.220 e. The van der Waals surface area contributed by atoms with Gasteiger partial charge >= 0.3 is 0 Å². The van der Waals surface area contributed by atoms with E-state index in [1.54, 1.807) is 0 Å². The predicted octanol–water partition coefficient (Wildman–Crippen LogP) is 1.95. The second-order valence-corrected chi connectivity index (χ2v) is 6.14. The van der Waals surface area contributed by atoms with Crippen molar-refractivity contribution >= 4 is 5.91 Å². The largest absolute Gasteiger partial charge is 0.388 e. The molecule has 0 saturated heterocycles. The van der Waals surface area contributed by atoms with Gasteiger partial charge in [0.25, 0.3) is 0 Å². The van der Waals surface area contributed by atoms with Gasteiger partial charge in [0.1, 0.15) is 0 Å². The van der Waals surface area contributed by atoms with Crippen molar-refractivity contribution in [2.24, 2.45) is 11.7 Å². The summed E-state index contributed by atoms with van der Waals surface area (Å²) in [5.74, 6) is 0.554. The van der Waals surface area contributed by atoms with Gasteiger partial charge in [-0.3, -0.25) is 4.79 Å². The zero-order chi connectivity index (χ0) is 14.1. The highest BCUT2D eigenvalue weighted by atomic mass is 16.3. The molecular formula is C15H30N2O2. The number of carbonyl (C=O) groups excluding carboxylic acids is 1. The third kappa shape index (κ3) is 6.92. The van der Waals surface area contributed by atoms with Crippen LogP contribution in [0.2, 0.25) is 0 Å². The standard InChI is InChI=1S/C15H30N2O2/c1-13(8-11-16)6-7-14(18)17-12-15(19)9-4-2-3-5-10-15/h13,19H,2-12,16H2,1H3,(H,17,18). The average Bonchev–Trinajstić information content (AvgIpc) is 2.60. The zero-order valence-corrected chi connectivity index (χ0v) is 12.3. The second kappa shape index (κ2) is 8.54. The molecule has 1 fully saturated rings. The summed E-state index contributed by atoms with van der Waals surface area (Å²) in [6.07, 6.45) is 8.56. The Labute approximate surface area is 117 Å². The third-order valence-corrected chi connectivity index (χ3v) is 4.17. The Morgan fingerprint density at radius 3 is 2.47 bits per heavy atom. The van der Waals surface area contributed by atoms with Crippen LogP contribution in [0.5, 0.6) is 0 Å². The van der Waals surface area contributed by atoms with Crippen LogP contribution >= 0.6 is 0 Å². The van der Waals surface area contributed by atoms with Gasteiger partial charge < -0.3 is 16.2 Å². The van der Waals surface area contributed by atoms with Crippen LogP contribution in [0, 0.1) is 5.92 Å². The van der Waals surface area contributed by atoms with Gasteiger partial charge in [0.2, 0.25) is 5.91 Å². The molecule has 0 aromatic heterocycles. The first-order valence-electron chi connectivity index (χ1n) is 7.75. The van der Waals surface area contributed by atoms with Gasteiger partial charge in [-0.1, -0.05) is 32.6 Å². The monoisotopic (exact) mass is 270 g/mol. The van der Waals surface area contributed by atoms with Gasteiger partial charge in [-0.2, -0.15) is 0 Å². The minimum absolute atomic E-state index is 0.0570. The Balaban J connectivity index is 2.21. The molecule has 4 heteroatoms. The van der Waals surface area contributed by atoms with Crippen molar-refractivity contribution in [1.82, 2.24) is 5.32 Å². The van der Waals surface area contributed by atoms with Gasteiger partial charge in [0.15, 0.2) is 0 Å². The zero-order valence-electron chi connectivity index (χ0n) is 12.3. The fourth-order valence-corrected chi connectivity index (χ4v) is 2.72. The van der Waals surface area contributed by atoms with E-state index in [9.17, 15) is 9.90 Å². The molecule has 1 atom stereocenters. The lowest BCUT2D eigenvalue weighted by Gasteiger charge is -2.26. The quantitative estimate of drug-likeness (QED) is 0.619. The van der Waals surface area contributed by atoms with E-state index in [2.05, 4.69) is 12.2 Å². The van der Waals surface area contributed by atoms with Crippen LogP contribution in [0.15, 0.2) is 0 Å². The number of rotatable bonds is 7. The molecule has 0 aromatic rings. The maximum absolute atomic E-state index is 11.8. The van der Waals surface area contributed by atoms with E-state index in [4.69, 9.17) is 5.73 Å². The van der Waals surface area contributed by atoms with Crippen molar-refractivity contribution in [3.8, 4) is 0 Å². The molecule has 1 unspecified atom stereocenters. The summed E-state index contributed by atoms with van der Waals surface area (Å²) in [6, 6.07) is 0. The molecular weight excluding hydrogens is 240 g/mol. The highest BCUT2D eigenvalue weighted by Crippen LogP contribution is 2.26. The molecule has 0 radical (unpaired) electrons. The van der Waals surface area contributed by atoms with Gasteiger partial charge in [-0.15, -0.1) is 0 Å². The summed E-state index contributed by atoms with van der Waals surface area (Å²) in [6.45, 7) is 3.22. The molecule has 1 aliphatic carbocycles. The topological polar surface area (TPSA) is 75.4 Å². The van der Waals surface area contributed by atoms with E-state index < -0.39 is 5.60 Å². The lowest BCUT2D eigenvalue weighted by Crippen LogP contribution is -2.42. The van der Waals surface area contributed by atoms with Crippen molar-refractivity contribution in [3.63, 3.8) is 0 Å². The fraction of sp³-hybridized carbons (Fsp3) is 0.933. The highest BCUT2D eigenvalue weighted by molar-refractivity contribution is 5.75. The summed E-state index contributed by atoms with van der Waals surface area (Å²) < 4.78 is 0. The second-order valence-electron chi connectivity index (χ2n) is 6.14. The van der Waals surface area contributed by atoms with E-state index >= 15 is 0 Å². The van der Waals surface area contributed by atoms with Crippen LogP contribution < -0.4 is 11.1 Å². The van der Waals surface area contributed by atoms with Crippen molar-refractivity contribution in [2.45, 2.75) is 70.3 Å². The molecule has 0 spiro atoms. The van der Waals surface area contributed by atoms with Gasteiger partial charge in [0.05, 0.1) is 5.60 Å². The molecule has 1 amide bonds. The molecule has 112 valence electrons. The van der Waals surface area contributed by atoms with Crippen LogP contribution in [0.4, 0.5) is 0 Å². The van der Waals surface area contributed by atoms with Gasteiger partial charge in [-0.25, -0.2) is 0 Å². The van der Waals surface area contributed by atoms with Crippen molar-refractivity contribution < 1.29 is 9.90 Å². The summed E-state index contributed by atoms with van der Waals surface area (Å²) in [5.41, 5.74) is 4.82. The summed E-state index contributed by atoms with van der Waals surface area (Å²) in [5, 5.41) is 13.3. The predicted molar refractivity (Wildman–Crippen MR) is 77.7 cm³/mol. The Morgan fingerprint density at radius 2 is 1.89 bits per heavy atom. The number of nitrogens with two attached hydrogens (primary N) is 1. The number of aliphatic hydroxyl groups is 1. The third-order valence-electron chi connectivity index (χ3n) is 4.17. The van der Waals surface area contributed by atoms with E-state index in [1.165, 1.54) is 12.8 Å². The average molecular weight is 270 g/mol. The Morgan fingerprint density at radius 1 is 1.26 bits per heavy atom. The van der Waals surface area contributed by atoms with Crippen LogP contribution in [-0.2, 0) is 4.79 Å². The van der Waals surface area contributed by atoms with Gasteiger partial charge in [-0.05, 0) is 38.1 Å². The summed E-state index contributed by atoms with van der Waals surface area (Å²) in [4.78, 5) is 11.8. The van der Waals surface area contributed by atoms with Crippen molar-refractivity contribution in [3.05, 3.63) is 0 Å². The highest BCUT2D eigenvalue weighted by Gasteiger charge is 2.28. The fourth-order valence-electron chi connectivity index (χ4n) is 2.72. The molecule has 1 rings (SSSR count). The molecule has 0 aliphatic heterocycles. The molecule has 4 nitrogen and oxygen atoms in total. The van der Waals surface area contributed by atoms with E-state index in [0.29, 0.717) is 25.4 Å². The normalized spacial score (nSPS) is 20.6. The summed E-state index contributed by atoms with van der Waals surface area (Å²) >= 11 is 0. The van der Waals surface area contributed by atoms with E-state index in [-0.39, 0.29) is 5.91 Å². The van der Waals surface area contributed by atoms with Crippen LogP contribution in [0.3, 0.4) is 0 Å². The number of nitrogens with one attached hydrogen (secondary N) is 1. The van der Waals surface area contributed by atoms with Crippen LogP contribution in [0.1, 0.15) is 64.7 Å². The number of carbonyl (C=O) groups is 1. The molecule has 0 heterocycles. The lowest BCUT2D eigenvalue weighted by atomic mass is 9.94. The van der Waals surface area contributed by atoms with Crippen molar-refractivity contribution in [2.75, 3.05) is 13.1 Å². The SMILES string of the molecule is CC(CCN)CCC(=O)NCC1(O)CCCCCC1. The minimum Gasteiger partial charge on any atom is -0.388 e. The first-order chi connectivity index (χ1) is 9.06. The minimum atomic E-state index is -0.672. The Kier molecular flexibility index (Phi) is 7.39. The molecule has 1 saturated carbocycles. The van der Waals surface area contributed by atoms with Crippen LogP contribution in [0.25, 0.3) is 0 Å². The Hall–Kier alpha value is -0.610. The van der Waals surface area contributed by atoms with E-state index in [0.717, 1.165) is 38.5 Å². The Bertz CT molecular complexity index is 261. The molecule has 1 aliphatic rings. The summed E-state index contributed by atoms with van der Waals surface area (Å²) in [7, 11) is 0. The molecule has 0 aromatic carbocycles. The first kappa shape index (κ1) is 16.4. The number of amides is 1. The number of hydrogen-bond acceptors (Lipinski definition) is 3. The van der Waals surface area contributed by atoms with Crippen LogP contribution in [-0.4, -0.2) is 29.7 Å². The van der Waals surface area contributed by atoms with Crippen molar-refractivity contribution in [1.29, 1.82) is 0 Å². The first-order valence-corrected chi connectivity index (χ1v) is 7.75. The molecule has 0 bridgehead atoms. The molecule has 4 N–H and O–H groups in total. The van der Waals surface area contributed by atoms with Gasteiger partial charge in [0, 0.05) is 13.0 Å².